The molecule has 2 aliphatic rings. The van der Waals surface area contributed by atoms with Gasteiger partial charge < -0.3 is 14.9 Å². The maximum atomic E-state index is 13.2. The molecule has 0 spiro atoms. The third-order valence-corrected chi connectivity index (χ3v) is 5.97. The monoisotopic (exact) mass is 449 g/mol. The summed E-state index contributed by atoms with van der Waals surface area (Å²) in [6, 6.07) is 10.8. The predicted molar refractivity (Wildman–Crippen MR) is 121 cm³/mol. The van der Waals surface area contributed by atoms with Gasteiger partial charge in [0.2, 0.25) is 0 Å². The molecule has 0 aliphatic carbocycles. The number of hydrogen-bond acceptors (Lipinski definition) is 5. The van der Waals surface area contributed by atoms with Gasteiger partial charge in [-0.15, -0.1) is 0 Å². The molecule has 0 aromatic heterocycles. The lowest BCUT2D eigenvalue weighted by atomic mass is 10.0. The van der Waals surface area contributed by atoms with E-state index in [4.69, 9.17) is 0 Å². The molecule has 8 nitrogen and oxygen atoms in total. The number of rotatable bonds is 2. The first-order valence-electron chi connectivity index (χ1n) is 11.0. The molecule has 8 heteroatoms. The van der Waals surface area contributed by atoms with Crippen molar-refractivity contribution in [3.05, 3.63) is 64.7 Å². The second kappa shape index (κ2) is 8.35. The van der Waals surface area contributed by atoms with Crippen LogP contribution < -0.4 is 0 Å². The summed E-state index contributed by atoms with van der Waals surface area (Å²) in [5.41, 5.74) is 0.646. The molecule has 2 aromatic rings. The molecule has 2 aliphatic heterocycles. The molecule has 1 fully saturated rings. The maximum absolute atomic E-state index is 13.2. The van der Waals surface area contributed by atoms with Crippen LogP contribution in [0, 0.1) is 0 Å². The standard InChI is InChI=1S/C25H27N3O5/c1-25(2,3)28-23(32)19-9-8-17(15-20(19)24(28)33)22(31)27-11-5-10-26(12-13-27)21(30)16-6-4-7-18(29)14-16/h4,6-9,14-15,29H,5,10-13H2,1-3H3. The van der Waals surface area contributed by atoms with E-state index in [-0.39, 0.29) is 29.0 Å². The number of imide groups is 1. The molecular formula is C25H27N3O5. The van der Waals surface area contributed by atoms with E-state index >= 15 is 0 Å². The van der Waals surface area contributed by atoms with E-state index in [0.717, 1.165) is 0 Å². The Kier molecular flexibility index (Phi) is 5.69. The van der Waals surface area contributed by atoms with Gasteiger partial charge in [0.05, 0.1) is 11.1 Å². The van der Waals surface area contributed by atoms with E-state index in [2.05, 4.69) is 0 Å². The Morgan fingerprint density at radius 1 is 0.788 bits per heavy atom. The highest BCUT2D eigenvalue weighted by Gasteiger charge is 2.42. The van der Waals surface area contributed by atoms with Crippen molar-refractivity contribution < 1.29 is 24.3 Å². The lowest BCUT2D eigenvalue weighted by Gasteiger charge is -2.29. The van der Waals surface area contributed by atoms with E-state index in [9.17, 15) is 24.3 Å². The Balaban J connectivity index is 1.49. The van der Waals surface area contributed by atoms with Gasteiger partial charge >= 0.3 is 0 Å². The number of amides is 4. The fourth-order valence-corrected chi connectivity index (χ4v) is 4.31. The van der Waals surface area contributed by atoms with Gasteiger partial charge in [0, 0.05) is 42.8 Å². The van der Waals surface area contributed by atoms with E-state index in [1.54, 1.807) is 54.8 Å². The first kappa shape index (κ1) is 22.5. The lowest BCUT2D eigenvalue weighted by Crippen LogP contribution is -2.45. The molecule has 33 heavy (non-hydrogen) atoms. The van der Waals surface area contributed by atoms with Crippen molar-refractivity contribution in [3.63, 3.8) is 0 Å². The maximum Gasteiger partial charge on any atom is 0.262 e. The summed E-state index contributed by atoms with van der Waals surface area (Å²) in [6.07, 6.45) is 0.608. The van der Waals surface area contributed by atoms with Crippen LogP contribution in [0.4, 0.5) is 0 Å². The molecule has 1 N–H and O–H groups in total. The largest absolute Gasteiger partial charge is 0.508 e. The number of phenols is 1. The number of carbonyl (C=O) groups excluding carboxylic acids is 4. The third-order valence-electron chi connectivity index (χ3n) is 5.97. The van der Waals surface area contributed by atoms with Gasteiger partial charge in [0.25, 0.3) is 23.6 Å². The fourth-order valence-electron chi connectivity index (χ4n) is 4.31. The van der Waals surface area contributed by atoms with Gasteiger partial charge in [0.1, 0.15) is 5.75 Å². The predicted octanol–water partition coefficient (Wildman–Crippen LogP) is 2.78. The summed E-state index contributed by atoms with van der Waals surface area (Å²) in [5.74, 6) is -1.14. The van der Waals surface area contributed by atoms with Crippen molar-refractivity contribution >= 4 is 23.6 Å². The molecule has 1 saturated heterocycles. The van der Waals surface area contributed by atoms with E-state index in [0.29, 0.717) is 49.3 Å². The number of nitrogens with zero attached hydrogens (tertiary/aromatic N) is 3. The van der Waals surface area contributed by atoms with Crippen LogP contribution in [-0.4, -0.2) is 75.2 Å². The van der Waals surface area contributed by atoms with Crippen molar-refractivity contribution in [1.29, 1.82) is 0 Å². The summed E-state index contributed by atoms with van der Waals surface area (Å²) in [6.45, 7) is 7.06. The topological polar surface area (TPSA) is 98.2 Å². The van der Waals surface area contributed by atoms with Crippen LogP contribution in [-0.2, 0) is 0 Å². The van der Waals surface area contributed by atoms with Crippen LogP contribution in [0.1, 0.15) is 68.6 Å². The molecule has 4 rings (SSSR count). The normalized spacial score (nSPS) is 16.6. The van der Waals surface area contributed by atoms with Crippen molar-refractivity contribution in [2.24, 2.45) is 0 Å². The highest BCUT2D eigenvalue weighted by atomic mass is 16.3. The number of hydrogen-bond donors (Lipinski definition) is 1. The smallest absolute Gasteiger partial charge is 0.262 e. The average molecular weight is 450 g/mol. The molecule has 0 radical (unpaired) electrons. The second-order valence-corrected chi connectivity index (χ2v) is 9.37. The molecule has 4 amide bonds. The Morgan fingerprint density at radius 2 is 1.36 bits per heavy atom. The lowest BCUT2D eigenvalue weighted by molar-refractivity contribution is 0.0507. The molecule has 0 saturated carbocycles. The zero-order chi connectivity index (χ0) is 23.9. The number of phenolic OH excluding ortho intramolecular Hbond substituents is 1. The molecule has 0 bridgehead atoms. The highest BCUT2D eigenvalue weighted by Crippen LogP contribution is 2.30. The summed E-state index contributed by atoms with van der Waals surface area (Å²) < 4.78 is 0. The van der Waals surface area contributed by atoms with Gasteiger partial charge in [-0.2, -0.15) is 0 Å². The average Bonchev–Trinajstić information content (AvgIpc) is 2.92. The van der Waals surface area contributed by atoms with Gasteiger partial charge in [-0.1, -0.05) is 6.07 Å². The van der Waals surface area contributed by atoms with Gasteiger partial charge in [-0.3, -0.25) is 24.1 Å². The molecule has 0 unspecified atom stereocenters. The van der Waals surface area contributed by atoms with Gasteiger partial charge in [-0.05, 0) is 63.6 Å². The quantitative estimate of drug-likeness (QED) is 0.711. The summed E-state index contributed by atoms with van der Waals surface area (Å²) in [7, 11) is 0. The van der Waals surface area contributed by atoms with Crippen molar-refractivity contribution in [1.82, 2.24) is 14.7 Å². The first-order valence-corrected chi connectivity index (χ1v) is 11.0. The Morgan fingerprint density at radius 3 is 1.94 bits per heavy atom. The van der Waals surface area contributed by atoms with Crippen molar-refractivity contribution in [3.8, 4) is 5.75 Å². The fraction of sp³-hybridized carbons (Fsp3) is 0.360. The van der Waals surface area contributed by atoms with Crippen molar-refractivity contribution in [2.75, 3.05) is 26.2 Å². The van der Waals surface area contributed by atoms with Crippen LogP contribution >= 0.6 is 0 Å². The zero-order valence-corrected chi connectivity index (χ0v) is 19.0. The van der Waals surface area contributed by atoms with Crippen molar-refractivity contribution in [2.45, 2.75) is 32.7 Å². The SMILES string of the molecule is CC(C)(C)N1C(=O)c2ccc(C(=O)N3CCCN(C(=O)c4cccc(O)c4)CC3)cc2C1=O. The summed E-state index contributed by atoms with van der Waals surface area (Å²) >= 11 is 0. The third kappa shape index (κ3) is 4.20. The summed E-state index contributed by atoms with van der Waals surface area (Å²) in [5, 5.41) is 9.65. The number of aromatic hydroxyl groups is 1. The van der Waals surface area contributed by atoms with Gasteiger partial charge in [-0.25, -0.2) is 0 Å². The summed E-state index contributed by atoms with van der Waals surface area (Å²) in [4.78, 5) is 56.1. The Bertz CT molecular complexity index is 1150. The van der Waals surface area contributed by atoms with Crippen LogP contribution in [0.5, 0.6) is 5.75 Å². The number of benzene rings is 2. The minimum absolute atomic E-state index is 0.0298. The van der Waals surface area contributed by atoms with Crippen LogP contribution in [0.25, 0.3) is 0 Å². The first-order chi connectivity index (χ1) is 15.6. The molecule has 2 aromatic carbocycles. The van der Waals surface area contributed by atoms with Crippen LogP contribution in [0.15, 0.2) is 42.5 Å². The second-order valence-electron chi connectivity index (χ2n) is 9.37. The van der Waals surface area contributed by atoms with Crippen LogP contribution in [0.3, 0.4) is 0 Å². The minimum Gasteiger partial charge on any atom is -0.508 e. The minimum atomic E-state index is -0.659. The van der Waals surface area contributed by atoms with Gasteiger partial charge in [0.15, 0.2) is 0 Å². The molecule has 2 heterocycles. The Hall–Kier alpha value is -3.68. The molecular weight excluding hydrogens is 422 g/mol. The van der Waals surface area contributed by atoms with Crippen LogP contribution in [0.2, 0.25) is 0 Å². The van der Waals surface area contributed by atoms with E-state index < -0.39 is 11.4 Å². The number of fused-ring (bicyclic) bond motifs is 1. The molecule has 172 valence electrons. The zero-order valence-electron chi connectivity index (χ0n) is 19.0. The van der Waals surface area contributed by atoms with E-state index in [1.165, 1.54) is 23.1 Å². The molecule has 0 atom stereocenters. The highest BCUT2D eigenvalue weighted by molar-refractivity contribution is 6.22. The number of carbonyl (C=O) groups is 4. The Labute approximate surface area is 192 Å². The van der Waals surface area contributed by atoms with E-state index in [1.807, 2.05) is 0 Å².